The summed E-state index contributed by atoms with van der Waals surface area (Å²) in [5.41, 5.74) is 3.20. The number of nitrogens with zero attached hydrogens (tertiary/aromatic N) is 5. The van der Waals surface area contributed by atoms with Crippen molar-refractivity contribution in [2.24, 2.45) is 0 Å². The van der Waals surface area contributed by atoms with Gasteiger partial charge in [0.05, 0.1) is 6.54 Å². The predicted octanol–water partition coefficient (Wildman–Crippen LogP) is 2.21. The standard InChI is InChI=1S/C25H27N5O2/c31-23(29-14-11-20-7-4-5-10-22(20)29)19-27-15-17-28(18-16-27)25(32)24(30-13-6-12-26-30)21-8-2-1-3-9-21/h1-10,12-13,24H,11,14-19H2. The summed E-state index contributed by atoms with van der Waals surface area (Å²) in [7, 11) is 0. The van der Waals surface area contributed by atoms with Gasteiger partial charge in [0.2, 0.25) is 5.91 Å². The monoisotopic (exact) mass is 429 g/mol. The van der Waals surface area contributed by atoms with E-state index in [0.29, 0.717) is 32.7 Å². The van der Waals surface area contributed by atoms with Crippen molar-refractivity contribution in [1.82, 2.24) is 19.6 Å². The predicted molar refractivity (Wildman–Crippen MR) is 122 cm³/mol. The molecule has 7 nitrogen and oxygen atoms in total. The first-order valence-electron chi connectivity index (χ1n) is 11.1. The molecule has 0 spiro atoms. The van der Waals surface area contributed by atoms with Crippen molar-refractivity contribution in [3.8, 4) is 0 Å². The third kappa shape index (κ3) is 4.03. The van der Waals surface area contributed by atoms with E-state index < -0.39 is 6.04 Å². The number of amides is 2. The minimum atomic E-state index is -0.472. The maximum absolute atomic E-state index is 13.4. The molecular formula is C25H27N5O2. The van der Waals surface area contributed by atoms with E-state index in [0.717, 1.165) is 24.2 Å². The quantitative estimate of drug-likeness (QED) is 0.624. The Hall–Kier alpha value is -3.45. The van der Waals surface area contributed by atoms with Crippen molar-refractivity contribution in [3.05, 3.63) is 84.2 Å². The van der Waals surface area contributed by atoms with Crippen LogP contribution in [0.15, 0.2) is 73.1 Å². The molecule has 0 radical (unpaired) electrons. The summed E-state index contributed by atoms with van der Waals surface area (Å²) in [5.74, 6) is 0.174. The molecule has 1 fully saturated rings. The van der Waals surface area contributed by atoms with Gasteiger partial charge in [0, 0.05) is 50.8 Å². The van der Waals surface area contributed by atoms with E-state index in [1.165, 1.54) is 5.56 Å². The first-order chi connectivity index (χ1) is 15.7. The lowest BCUT2D eigenvalue weighted by Crippen LogP contribution is -2.53. The Labute approximate surface area is 187 Å². The molecule has 7 heteroatoms. The first kappa shape index (κ1) is 20.5. The molecule has 0 N–H and O–H groups in total. The van der Waals surface area contributed by atoms with Crippen LogP contribution in [0.2, 0.25) is 0 Å². The Bertz CT molecular complexity index is 1070. The van der Waals surface area contributed by atoms with Crippen LogP contribution in [0, 0.1) is 0 Å². The summed E-state index contributed by atoms with van der Waals surface area (Å²) in [6.45, 7) is 3.72. The largest absolute Gasteiger partial charge is 0.338 e. The zero-order valence-corrected chi connectivity index (χ0v) is 18.0. The third-order valence-electron chi connectivity index (χ3n) is 6.37. The van der Waals surface area contributed by atoms with Crippen molar-refractivity contribution < 1.29 is 9.59 Å². The lowest BCUT2D eigenvalue weighted by molar-refractivity contribution is -0.135. The third-order valence-corrected chi connectivity index (χ3v) is 6.37. The highest BCUT2D eigenvalue weighted by molar-refractivity contribution is 5.96. The van der Waals surface area contributed by atoms with E-state index >= 15 is 0 Å². The number of carbonyl (C=O) groups is 2. The van der Waals surface area contributed by atoms with E-state index in [1.807, 2.05) is 70.6 Å². The molecule has 2 amide bonds. The minimum Gasteiger partial charge on any atom is -0.338 e. The SMILES string of the molecule is O=C(C(c1ccccc1)n1cccn1)N1CCN(CC(=O)N2CCc3ccccc32)CC1. The molecular weight excluding hydrogens is 402 g/mol. The van der Waals surface area contributed by atoms with Gasteiger partial charge in [-0.05, 0) is 29.7 Å². The molecule has 0 saturated carbocycles. The highest BCUT2D eigenvalue weighted by atomic mass is 16.2. The van der Waals surface area contributed by atoms with Gasteiger partial charge in [0.1, 0.15) is 0 Å². The number of rotatable bonds is 5. The number of aromatic nitrogens is 2. The zero-order chi connectivity index (χ0) is 21.9. The Balaban J connectivity index is 1.22. The Morgan fingerprint density at radius 1 is 0.875 bits per heavy atom. The van der Waals surface area contributed by atoms with Crippen LogP contribution in [0.25, 0.3) is 0 Å². The number of hydrogen-bond acceptors (Lipinski definition) is 4. The summed E-state index contributed by atoms with van der Waals surface area (Å²) >= 11 is 0. The summed E-state index contributed by atoms with van der Waals surface area (Å²) in [6.07, 6.45) is 4.44. The van der Waals surface area contributed by atoms with Crippen LogP contribution in [0.4, 0.5) is 5.69 Å². The number of anilines is 1. The topological polar surface area (TPSA) is 61.7 Å². The summed E-state index contributed by atoms with van der Waals surface area (Å²) in [5, 5.41) is 4.33. The second-order valence-electron chi connectivity index (χ2n) is 8.32. The fourth-order valence-corrected chi connectivity index (χ4v) is 4.65. The molecule has 0 aliphatic carbocycles. The average Bonchev–Trinajstić information content (AvgIpc) is 3.51. The van der Waals surface area contributed by atoms with Gasteiger partial charge in [-0.3, -0.25) is 19.2 Å². The molecule has 0 bridgehead atoms. The van der Waals surface area contributed by atoms with Gasteiger partial charge in [0.25, 0.3) is 5.91 Å². The van der Waals surface area contributed by atoms with Crippen LogP contribution in [0.3, 0.4) is 0 Å². The molecule has 1 atom stereocenters. The lowest BCUT2D eigenvalue weighted by Gasteiger charge is -2.36. The molecule has 2 aliphatic rings. The minimum absolute atomic E-state index is 0.0411. The number of benzene rings is 2. The Kier molecular flexibility index (Phi) is 5.73. The van der Waals surface area contributed by atoms with Crippen LogP contribution in [-0.2, 0) is 16.0 Å². The first-order valence-corrected chi connectivity index (χ1v) is 11.1. The van der Waals surface area contributed by atoms with Gasteiger partial charge in [0.15, 0.2) is 6.04 Å². The summed E-state index contributed by atoms with van der Waals surface area (Å²) in [6, 6.07) is 19.3. The van der Waals surface area contributed by atoms with Crippen LogP contribution >= 0.6 is 0 Å². The van der Waals surface area contributed by atoms with Gasteiger partial charge in [-0.1, -0.05) is 48.5 Å². The van der Waals surface area contributed by atoms with Gasteiger partial charge in [-0.25, -0.2) is 0 Å². The maximum atomic E-state index is 13.4. The highest BCUT2D eigenvalue weighted by Gasteiger charge is 2.32. The molecule has 3 heterocycles. The van der Waals surface area contributed by atoms with Crippen molar-refractivity contribution >= 4 is 17.5 Å². The fourth-order valence-electron chi connectivity index (χ4n) is 4.65. The molecule has 164 valence electrons. The van der Waals surface area contributed by atoms with E-state index in [-0.39, 0.29) is 11.8 Å². The molecule has 2 aliphatic heterocycles. The maximum Gasteiger partial charge on any atom is 0.252 e. The fraction of sp³-hybridized carbons (Fsp3) is 0.320. The van der Waals surface area contributed by atoms with Gasteiger partial charge >= 0.3 is 0 Å². The number of para-hydroxylation sites is 1. The van der Waals surface area contributed by atoms with Gasteiger partial charge in [-0.15, -0.1) is 0 Å². The molecule has 1 saturated heterocycles. The Morgan fingerprint density at radius 2 is 1.62 bits per heavy atom. The number of carbonyl (C=O) groups excluding carboxylic acids is 2. The summed E-state index contributed by atoms with van der Waals surface area (Å²) in [4.78, 5) is 32.3. The highest BCUT2D eigenvalue weighted by Crippen LogP contribution is 2.27. The molecule has 32 heavy (non-hydrogen) atoms. The lowest BCUT2D eigenvalue weighted by atomic mass is 10.1. The van der Waals surface area contributed by atoms with E-state index in [2.05, 4.69) is 16.1 Å². The molecule has 3 aromatic rings. The summed E-state index contributed by atoms with van der Waals surface area (Å²) < 4.78 is 1.72. The van der Waals surface area contributed by atoms with Crippen molar-refractivity contribution in [1.29, 1.82) is 0 Å². The van der Waals surface area contributed by atoms with Gasteiger partial charge in [-0.2, -0.15) is 5.10 Å². The van der Waals surface area contributed by atoms with Gasteiger partial charge < -0.3 is 9.80 Å². The average molecular weight is 430 g/mol. The van der Waals surface area contributed by atoms with E-state index in [9.17, 15) is 9.59 Å². The number of piperazine rings is 1. The van der Waals surface area contributed by atoms with E-state index in [4.69, 9.17) is 0 Å². The molecule has 2 aromatic carbocycles. The van der Waals surface area contributed by atoms with Crippen LogP contribution < -0.4 is 4.90 Å². The molecule has 1 aromatic heterocycles. The molecule has 5 rings (SSSR count). The van der Waals surface area contributed by atoms with Crippen molar-refractivity contribution in [2.75, 3.05) is 44.2 Å². The number of fused-ring (bicyclic) bond motifs is 1. The van der Waals surface area contributed by atoms with Crippen LogP contribution in [0.1, 0.15) is 17.2 Å². The van der Waals surface area contributed by atoms with Crippen molar-refractivity contribution in [2.45, 2.75) is 12.5 Å². The van der Waals surface area contributed by atoms with Crippen LogP contribution in [-0.4, -0.2) is 70.7 Å². The number of hydrogen-bond donors (Lipinski definition) is 0. The van der Waals surface area contributed by atoms with E-state index in [1.54, 1.807) is 10.9 Å². The second kappa shape index (κ2) is 8.96. The zero-order valence-electron chi connectivity index (χ0n) is 18.0. The van der Waals surface area contributed by atoms with Crippen LogP contribution in [0.5, 0.6) is 0 Å². The molecule has 1 unspecified atom stereocenters. The Morgan fingerprint density at radius 3 is 2.38 bits per heavy atom. The normalized spacial score (nSPS) is 17.2. The van der Waals surface area contributed by atoms with Crippen molar-refractivity contribution in [3.63, 3.8) is 0 Å². The smallest absolute Gasteiger partial charge is 0.252 e. The second-order valence-corrected chi connectivity index (χ2v) is 8.32.